The fraction of sp³-hybridized carbons (Fsp3) is 0.600. The number of rotatable bonds is 2. The zero-order valence-electron chi connectivity index (χ0n) is 11.4. The van der Waals surface area contributed by atoms with Crippen LogP contribution in [0.2, 0.25) is 0 Å². The molecular formula is C15H22BrNO. The number of benzene rings is 1. The highest BCUT2D eigenvalue weighted by atomic mass is 79.9. The molecule has 1 N–H and O–H groups in total. The van der Waals surface area contributed by atoms with Crippen molar-refractivity contribution in [2.45, 2.75) is 39.4 Å². The van der Waals surface area contributed by atoms with Crippen molar-refractivity contribution in [3.8, 4) is 0 Å². The third-order valence-electron chi connectivity index (χ3n) is 3.12. The third-order valence-corrected chi connectivity index (χ3v) is 3.61. The predicted octanol–water partition coefficient (Wildman–Crippen LogP) is 3.91. The fourth-order valence-corrected chi connectivity index (χ4v) is 2.83. The minimum Gasteiger partial charge on any atom is -0.368 e. The van der Waals surface area contributed by atoms with Crippen molar-refractivity contribution in [2.75, 3.05) is 13.1 Å². The van der Waals surface area contributed by atoms with Gasteiger partial charge in [0.1, 0.15) is 0 Å². The zero-order chi connectivity index (χ0) is 13.2. The smallest absolute Gasteiger partial charge is 0.0954 e. The Morgan fingerprint density at radius 2 is 2.11 bits per heavy atom. The number of hydrogen-bond donors (Lipinski definition) is 1. The number of halogens is 1. The molecule has 1 aromatic carbocycles. The summed E-state index contributed by atoms with van der Waals surface area (Å²) < 4.78 is 7.33. The Morgan fingerprint density at radius 3 is 2.78 bits per heavy atom. The van der Waals surface area contributed by atoms with E-state index in [0.29, 0.717) is 11.5 Å². The average molecular weight is 312 g/mol. The van der Waals surface area contributed by atoms with Gasteiger partial charge < -0.3 is 10.1 Å². The monoisotopic (exact) mass is 311 g/mol. The van der Waals surface area contributed by atoms with Gasteiger partial charge in [0.2, 0.25) is 0 Å². The minimum absolute atomic E-state index is 0.170. The molecular weight excluding hydrogens is 290 g/mol. The molecule has 0 aromatic heterocycles. The zero-order valence-corrected chi connectivity index (χ0v) is 13.0. The summed E-state index contributed by atoms with van der Waals surface area (Å²) in [5.41, 5.74) is 1.56. The van der Waals surface area contributed by atoms with Gasteiger partial charge in [-0.25, -0.2) is 0 Å². The first-order chi connectivity index (χ1) is 8.44. The SMILES string of the molecule is CC(C)(C)CC1CNCC(c2cccc(Br)c2)O1. The lowest BCUT2D eigenvalue weighted by Crippen LogP contribution is -2.42. The summed E-state index contributed by atoms with van der Waals surface area (Å²) in [7, 11) is 0. The summed E-state index contributed by atoms with van der Waals surface area (Å²) in [5.74, 6) is 0. The molecule has 0 bridgehead atoms. The molecule has 1 heterocycles. The van der Waals surface area contributed by atoms with Crippen LogP contribution >= 0.6 is 15.9 Å². The molecule has 18 heavy (non-hydrogen) atoms. The Balaban J connectivity index is 2.02. The van der Waals surface area contributed by atoms with Gasteiger partial charge >= 0.3 is 0 Å². The van der Waals surface area contributed by atoms with Crippen LogP contribution in [-0.4, -0.2) is 19.2 Å². The third kappa shape index (κ3) is 4.08. The van der Waals surface area contributed by atoms with E-state index in [1.54, 1.807) is 0 Å². The summed E-state index contributed by atoms with van der Waals surface area (Å²) in [6, 6.07) is 8.39. The van der Waals surface area contributed by atoms with Crippen LogP contribution in [0.1, 0.15) is 38.9 Å². The van der Waals surface area contributed by atoms with Gasteiger partial charge in [-0.05, 0) is 29.5 Å². The van der Waals surface area contributed by atoms with E-state index in [1.165, 1.54) is 5.56 Å². The van der Waals surface area contributed by atoms with Gasteiger partial charge in [-0.2, -0.15) is 0 Å². The molecule has 2 atom stereocenters. The van der Waals surface area contributed by atoms with Gasteiger partial charge in [0.15, 0.2) is 0 Å². The second-order valence-corrected chi connectivity index (χ2v) is 7.14. The minimum atomic E-state index is 0.170. The molecule has 1 saturated heterocycles. The summed E-state index contributed by atoms with van der Waals surface area (Å²) >= 11 is 3.52. The summed E-state index contributed by atoms with van der Waals surface area (Å²) in [6.07, 6.45) is 1.57. The summed E-state index contributed by atoms with van der Waals surface area (Å²) in [6.45, 7) is 8.65. The van der Waals surface area contributed by atoms with Crippen LogP contribution < -0.4 is 5.32 Å². The molecule has 0 spiro atoms. The van der Waals surface area contributed by atoms with Gasteiger partial charge in [0, 0.05) is 17.6 Å². The molecule has 100 valence electrons. The van der Waals surface area contributed by atoms with Crippen LogP contribution in [0.4, 0.5) is 0 Å². The lowest BCUT2D eigenvalue weighted by molar-refractivity contribution is -0.0552. The summed E-state index contributed by atoms with van der Waals surface area (Å²) in [4.78, 5) is 0. The van der Waals surface area contributed by atoms with Gasteiger partial charge in [-0.15, -0.1) is 0 Å². The van der Waals surface area contributed by atoms with Crippen molar-refractivity contribution in [1.29, 1.82) is 0 Å². The summed E-state index contributed by atoms with van der Waals surface area (Å²) in [5, 5.41) is 3.49. The molecule has 0 amide bonds. The van der Waals surface area contributed by atoms with E-state index in [4.69, 9.17) is 4.74 Å². The van der Waals surface area contributed by atoms with Crippen LogP contribution in [0.5, 0.6) is 0 Å². The van der Waals surface area contributed by atoms with E-state index in [-0.39, 0.29) is 6.10 Å². The van der Waals surface area contributed by atoms with E-state index in [9.17, 15) is 0 Å². The van der Waals surface area contributed by atoms with Gasteiger partial charge in [-0.3, -0.25) is 0 Å². The van der Waals surface area contributed by atoms with Crippen molar-refractivity contribution >= 4 is 15.9 Å². The predicted molar refractivity (Wildman–Crippen MR) is 78.7 cm³/mol. The van der Waals surface area contributed by atoms with Crippen molar-refractivity contribution in [3.05, 3.63) is 34.3 Å². The molecule has 2 nitrogen and oxygen atoms in total. The Hall–Kier alpha value is -0.380. The van der Waals surface area contributed by atoms with Gasteiger partial charge in [0.25, 0.3) is 0 Å². The maximum atomic E-state index is 6.22. The first-order valence-corrected chi connectivity index (χ1v) is 7.35. The maximum Gasteiger partial charge on any atom is 0.0954 e. The molecule has 3 heteroatoms. The Labute approximate surface area is 118 Å². The normalized spacial score (nSPS) is 25.1. The molecule has 0 aliphatic carbocycles. The standard InChI is InChI=1S/C15H22BrNO/c1-15(2,3)8-13-9-17-10-14(18-13)11-5-4-6-12(16)7-11/h4-7,13-14,17H,8-10H2,1-3H3. The topological polar surface area (TPSA) is 21.3 Å². The number of hydrogen-bond acceptors (Lipinski definition) is 2. The van der Waals surface area contributed by atoms with Crippen LogP contribution in [-0.2, 0) is 4.74 Å². The number of ether oxygens (including phenoxy) is 1. The Kier molecular flexibility index (Phi) is 4.46. The molecule has 1 fully saturated rings. The van der Waals surface area contributed by atoms with Crippen molar-refractivity contribution < 1.29 is 4.74 Å². The highest BCUT2D eigenvalue weighted by Gasteiger charge is 2.26. The number of nitrogens with one attached hydrogen (secondary N) is 1. The van der Waals surface area contributed by atoms with E-state index in [0.717, 1.165) is 24.0 Å². The largest absolute Gasteiger partial charge is 0.368 e. The Bertz CT molecular complexity index is 400. The number of morpholine rings is 1. The van der Waals surface area contributed by atoms with E-state index in [2.05, 4.69) is 60.2 Å². The van der Waals surface area contributed by atoms with Crippen molar-refractivity contribution in [3.63, 3.8) is 0 Å². The van der Waals surface area contributed by atoms with Crippen LogP contribution in [0.25, 0.3) is 0 Å². The molecule has 2 rings (SSSR count). The molecule has 0 radical (unpaired) electrons. The van der Waals surface area contributed by atoms with E-state index >= 15 is 0 Å². The second-order valence-electron chi connectivity index (χ2n) is 6.22. The maximum absolute atomic E-state index is 6.22. The average Bonchev–Trinajstić information content (AvgIpc) is 2.27. The second kappa shape index (κ2) is 5.72. The first kappa shape index (κ1) is 14.0. The fourth-order valence-electron chi connectivity index (χ4n) is 2.41. The van der Waals surface area contributed by atoms with E-state index < -0.39 is 0 Å². The van der Waals surface area contributed by atoms with Crippen LogP contribution in [0, 0.1) is 5.41 Å². The molecule has 1 aliphatic rings. The molecule has 1 aliphatic heterocycles. The lowest BCUT2D eigenvalue weighted by Gasteiger charge is -2.34. The van der Waals surface area contributed by atoms with Crippen LogP contribution in [0.3, 0.4) is 0 Å². The molecule has 0 saturated carbocycles. The molecule has 2 unspecified atom stereocenters. The quantitative estimate of drug-likeness (QED) is 0.894. The first-order valence-electron chi connectivity index (χ1n) is 6.56. The highest BCUT2D eigenvalue weighted by Crippen LogP contribution is 2.29. The van der Waals surface area contributed by atoms with E-state index in [1.807, 2.05) is 6.07 Å². The molecule has 1 aromatic rings. The lowest BCUT2D eigenvalue weighted by atomic mass is 9.88. The van der Waals surface area contributed by atoms with Gasteiger partial charge in [0.05, 0.1) is 12.2 Å². The van der Waals surface area contributed by atoms with Crippen LogP contribution in [0.15, 0.2) is 28.7 Å². The van der Waals surface area contributed by atoms with Crippen molar-refractivity contribution in [1.82, 2.24) is 5.32 Å². The van der Waals surface area contributed by atoms with Crippen molar-refractivity contribution in [2.24, 2.45) is 5.41 Å². The van der Waals surface area contributed by atoms with Gasteiger partial charge in [-0.1, -0.05) is 48.8 Å². The highest BCUT2D eigenvalue weighted by molar-refractivity contribution is 9.10. The Morgan fingerprint density at radius 1 is 1.33 bits per heavy atom.